The number of ketones is 1. The van der Waals surface area contributed by atoms with Gasteiger partial charge in [-0.25, -0.2) is 8.42 Å². The summed E-state index contributed by atoms with van der Waals surface area (Å²) in [6.07, 6.45) is 0. The van der Waals surface area contributed by atoms with Crippen LogP contribution in [-0.4, -0.2) is 44.3 Å². The molecule has 0 unspecified atom stereocenters. The van der Waals surface area contributed by atoms with E-state index in [1.54, 1.807) is 0 Å². The van der Waals surface area contributed by atoms with Crippen molar-refractivity contribution in [3.05, 3.63) is 39.9 Å². The zero-order valence-corrected chi connectivity index (χ0v) is 11.1. The first-order valence-corrected chi connectivity index (χ1v) is 7.15. The Labute approximate surface area is 110 Å². The van der Waals surface area contributed by atoms with E-state index in [0.29, 0.717) is 0 Å². The fraction of sp³-hybridized carbons (Fsp3) is 0.364. The van der Waals surface area contributed by atoms with Crippen LogP contribution in [0.4, 0.5) is 5.69 Å². The van der Waals surface area contributed by atoms with Crippen LogP contribution in [-0.2, 0) is 14.6 Å². The second-order valence-corrected chi connectivity index (χ2v) is 6.00. The summed E-state index contributed by atoms with van der Waals surface area (Å²) >= 11 is 0. The lowest BCUT2D eigenvalue weighted by atomic mass is 10.1. The molecule has 0 aromatic heterocycles. The number of carbonyl (C=O) groups is 1. The highest BCUT2D eigenvalue weighted by Gasteiger charge is 2.18. The van der Waals surface area contributed by atoms with Crippen molar-refractivity contribution in [3.63, 3.8) is 0 Å². The molecule has 0 saturated heterocycles. The molecule has 1 aromatic carbocycles. The fourth-order valence-corrected chi connectivity index (χ4v) is 2.47. The van der Waals surface area contributed by atoms with Gasteiger partial charge in [0.15, 0.2) is 15.6 Å². The SMILES string of the molecule is COCCS(=O)(=O)CC(=O)c1ccc([N+](=O)[O-])cc1. The normalized spacial score (nSPS) is 11.2. The minimum Gasteiger partial charge on any atom is -0.384 e. The Kier molecular flexibility index (Phi) is 5.13. The van der Waals surface area contributed by atoms with E-state index in [9.17, 15) is 23.3 Å². The van der Waals surface area contributed by atoms with Crippen molar-refractivity contribution < 1.29 is 22.9 Å². The van der Waals surface area contributed by atoms with Crippen LogP contribution in [0.1, 0.15) is 10.4 Å². The highest BCUT2D eigenvalue weighted by molar-refractivity contribution is 7.92. The number of nitro benzene ring substituents is 1. The largest absolute Gasteiger partial charge is 0.384 e. The first-order valence-electron chi connectivity index (χ1n) is 5.33. The van der Waals surface area contributed by atoms with Crippen LogP contribution >= 0.6 is 0 Å². The number of sulfone groups is 1. The summed E-state index contributed by atoms with van der Waals surface area (Å²) in [5.74, 6) is -1.46. The van der Waals surface area contributed by atoms with Gasteiger partial charge < -0.3 is 4.74 Å². The Morgan fingerprint density at radius 3 is 2.37 bits per heavy atom. The van der Waals surface area contributed by atoms with Gasteiger partial charge in [-0.3, -0.25) is 14.9 Å². The van der Waals surface area contributed by atoms with Crippen molar-refractivity contribution in [3.8, 4) is 0 Å². The Bertz CT molecular complexity index is 563. The first kappa shape index (κ1) is 15.3. The number of ether oxygens (including phenoxy) is 1. The van der Waals surface area contributed by atoms with Gasteiger partial charge in [0.25, 0.3) is 5.69 Å². The van der Waals surface area contributed by atoms with Gasteiger partial charge in [0, 0.05) is 24.8 Å². The van der Waals surface area contributed by atoms with E-state index in [1.807, 2.05) is 0 Å². The smallest absolute Gasteiger partial charge is 0.269 e. The molecule has 1 aromatic rings. The molecule has 19 heavy (non-hydrogen) atoms. The van der Waals surface area contributed by atoms with E-state index in [1.165, 1.54) is 19.2 Å². The van der Waals surface area contributed by atoms with E-state index < -0.39 is 26.3 Å². The second kappa shape index (κ2) is 6.39. The molecule has 7 nitrogen and oxygen atoms in total. The predicted molar refractivity (Wildman–Crippen MR) is 68.0 cm³/mol. The van der Waals surface area contributed by atoms with Gasteiger partial charge in [-0.2, -0.15) is 0 Å². The molecule has 0 amide bonds. The molecular weight excluding hydrogens is 274 g/mol. The van der Waals surface area contributed by atoms with Crippen LogP contribution in [0.3, 0.4) is 0 Å². The highest BCUT2D eigenvalue weighted by atomic mass is 32.2. The number of Topliss-reactive ketones (excluding diaryl/α,β-unsaturated/α-hetero) is 1. The standard InChI is InChI=1S/C11H13NO6S/c1-18-6-7-19(16,17)8-11(13)9-2-4-10(5-3-9)12(14)15/h2-5H,6-8H2,1H3. The van der Waals surface area contributed by atoms with E-state index in [4.69, 9.17) is 0 Å². The van der Waals surface area contributed by atoms with Gasteiger partial charge >= 0.3 is 0 Å². The lowest BCUT2D eigenvalue weighted by molar-refractivity contribution is -0.384. The maximum absolute atomic E-state index is 11.7. The topological polar surface area (TPSA) is 104 Å². The van der Waals surface area contributed by atoms with Crippen LogP contribution in [0, 0.1) is 10.1 Å². The molecule has 0 aliphatic heterocycles. The minimum atomic E-state index is -3.53. The molecule has 0 spiro atoms. The summed E-state index contributed by atoms with van der Waals surface area (Å²) in [6, 6.07) is 4.81. The molecule has 0 N–H and O–H groups in total. The third-order valence-electron chi connectivity index (χ3n) is 2.35. The molecule has 0 heterocycles. The van der Waals surface area contributed by atoms with Gasteiger partial charge in [0.1, 0.15) is 5.75 Å². The van der Waals surface area contributed by atoms with Crippen molar-refractivity contribution >= 4 is 21.3 Å². The van der Waals surface area contributed by atoms with E-state index >= 15 is 0 Å². The molecule has 0 atom stereocenters. The molecular formula is C11H13NO6S. The quantitative estimate of drug-likeness (QED) is 0.418. The zero-order chi connectivity index (χ0) is 14.5. The lowest BCUT2D eigenvalue weighted by Gasteiger charge is -2.03. The van der Waals surface area contributed by atoms with Crippen LogP contribution in [0.15, 0.2) is 24.3 Å². The maximum atomic E-state index is 11.7. The van der Waals surface area contributed by atoms with Gasteiger partial charge in [-0.05, 0) is 12.1 Å². The molecule has 104 valence electrons. The summed E-state index contributed by atoms with van der Waals surface area (Å²) in [7, 11) is -2.16. The predicted octanol–water partition coefficient (Wildman–Crippen LogP) is 0.839. The van der Waals surface area contributed by atoms with Crippen molar-refractivity contribution in [1.82, 2.24) is 0 Å². The van der Waals surface area contributed by atoms with Crippen LogP contribution in [0.2, 0.25) is 0 Å². The van der Waals surface area contributed by atoms with E-state index in [-0.39, 0.29) is 23.6 Å². The second-order valence-electron chi connectivity index (χ2n) is 3.81. The van der Waals surface area contributed by atoms with E-state index in [2.05, 4.69) is 4.74 Å². The summed E-state index contributed by atoms with van der Waals surface area (Å²) in [5, 5.41) is 10.4. The summed E-state index contributed by atoms with van der Waals surface area (Å²) < 4.78 is 27.7. The van der Waals surface area contributed by atoms with Crippen molar-refractivity contribution in [2.75, 3.05) is 25.2 Å². The number of non-ortho nitro benzene ring substituents is 1. The summed E-state index contributed by atoms with van der Waals surface area (Å²) in [4.78, 5) is 21.6. The molecule has 0 aliphatic carbocycles. The lowest BCUT2D eigenvalue weighted by Crippen LogP contribution is -2.21. The number of hydrogen-bond donors (Lipinski definition) is 0. The maximum Gasteiger partial charge on any atom is 0.269 e. The molecule has 0 bridgehead atoms. The van der Waals surface area contributed by atoms with Gasteiger partial charge in [0.05, 0.1) is 17.3 Å². The average molecular weight is 287 g/mol. The van der Waals surface area contributed by atoms with Gasteiger partial charge in [-0.15, -0.1) is 0 Å². The Morgan fingerprint density at radius 1 is 1.32 bits per heavy atom. The Morgan fingerprint density at radius 2 is 1.89 bits per heavy atom. The Hall–Kier alpha value is -1.80. The molecule has 0 fully saturated rings. The van der Waals surface area contributed by atoms with Gasteiger partial charge in [-0.1, -0.05) is 0 Å². The molecule has 0 saturated carbocycles. The third kappa shape index (κ3) is 4.76. The van der Waals surface area contributed by atoms with Gasteiger partial charge in [0.2, 0.25) is 0 Å². The number of rotatable bonds is 7. The van der Waals surface area contributed by atoms with Crippen molar-refractivity contribution in [2.24, 2.45) is 0 Å². The number of carbonyl (C=O) groups excluding carboxylic acids is 1. The third-order valence-corrected chi connectivity index (χ3v) is 3.84. The Balaban J connectivity index is 2.76. The van der Waals surface area contributed by atoms with E-state index in [0.717, 1.165) is 12.1 Å². The number of benzene rings is 1. The molecule has 0 aliphatic rings. The van der Waals surface area contributed by atoms with Crippen LogP contribution in [0.25, 0.3) is 0 Å². The number of nitrogens with zero attached hydrogens (tertiary/aromatic N) is 1. The average Bonchev–Trinajstić information content (AvgIpc) is 2.36. The number of hydrogen-bond acceptors (Lipinski definition) is 6. The molecule has 8 heteroatoms. The van der Waals surface area contributed by atoms with Crippen molar-refractivity contribution in [1.29, 1.82) is 0 Å². The first-order chi connectivity index (χ1) is 8.85. The summed E-state index contributed by atoms with van der Waals surface area (Å²) in [6.45, 7) is 0.0237. The molecule has 0 radical (unpaired) electrons. The zero-order valence-electron chi connectivity index (χ0n) is 10.2. The minimum absolute atomic E-state index is 0.0237. The van der Waals surface area contributed by atoms with Crippen LogP contribution in [0.5, 0.6) is 0 Å². The fourth-order valence-electron chi connectivity index (χ4n) is 1.33. The summed E-state index contributed by atoms with van der Waals surface area (Å²) in [5.41, 5.74) is -0.0228. The monoisotopic (exact) mass is 287 g/mol. The number of nitro groups is 1. The number of methoxy groups -OCH3 is 1. The highest BCUT2D eigenvalue weighted by Crippen LogP contribution is 2.13. The van der Waals surface area contributed by atoms with Crippen molar-refractivity contribution in [2.45, 2.75) is 0 Å². The molecule has 1 rings (SSSR count). The van der Waals surface area contributed by atoms with Crippen LogP contribution < -0.4 is 0 Å².